The van der Waals surface area contributed by atoms with Crippen LogP contribution in [0.3, 0.4) is 0 Å². The molecular weight excluding hydrogens is 192 g/mol. The largest absolute Gasteiger partial charge is 0.444 e. The fourth-order valence-electron chi connectivity index (χ4n) is 0.841. The molecule has 0 saturated heterocycles. The summed E-state index contributed by atoms with van der Waals surface area (Å²) < 4.78 is 5.06. The molecule has 4 nitrogen and oxygen atoms in total. The number of rotatable bonds is 3. The summed E-state index contributed by atoms with van der Waals surface area (Å²) in [6.45, 7) is 16.5. The molecule has 0 radical (unpaired) electrons. The van der Waals surface area contributed by atoms with E-state index in [0.29, 0.717) is 13.0 Å². The van der Waals surface area contributed by atoms with E-state index in [9.17, 15) is 4.79 Å². The molecule has 0 spiro atoms. The van der Waals surface area contributed by atoms with Crippen LogP contribution in [0.4, 0.5) is 4.79 Å². The summed E-state index contributed by atoms with van der Waals surface area (Å²) in [7, 11) is 0. The van der Waals surface area contributed by atoms with E-state index in [4.69, 9.17) is 11.3 Å². The number of alkyl carbamates (subject to hydrolysis) is 1. The molecule has 0 bridgehead atoms. The van der Waals surface area contributed by atoms with Gasteiger partial charge in [-0.25, -0.2) is 11.4 Å². The van der Waals surface area contributed by atoms with E-state index in [0.717, 1.165) is 0 Å². The van der Waals surface area contributed by atoms with Crippen molar-refractivity contribution in [1.82, 2.24) is 5.32 Å². The highest BCUT2D eigenvalue weighted by atomic mass is 16.6. The van der Waals surface area contributed by atoms with Crippen molar-refractivity contribution in [2.75, 3.05) is 6.54 Å². The third-order valence-corrected chi connectivity index (χ3v) is 1.71. The normalized spacial score (nSPS) is 11.7. The van der Waals surface area contributed by atoms with Crippen molar-refractivity contribution in [2.45, 2.75) is 52.2 Å². The molecule has 0 aromatic rings. The standard InChI is InChI=1S/C11H20N2O2/c1-10(2,3)15-9(14)13-8-7-11(4,5)12-6/h7-8H2,1-5H3,(H,13,14). The molecule has 0 aliphatic rings. The lowest BCUT2D eigenvalue weighted by atomic mass is 10.0. The molecular formula is C11H20N2O2. The van der Waals surface area contributed by atoms with Gasteiger partial charge in [-0.05, 0) is 20.8 Å². The molecule has 15 heavy (non-hydrogen) atoms. The van der Waals surface area contributed by atoms with Gasteiger partial charge in [0, 0.05) is 26.8 Å². The molecule has 1 N–H and O–H groups in total. The van der Waals surface area contributed by atoms with Crippen LogP contribution in [0.25, 0.3) is 4.85 Å². The Morgan fingerprint density at radius 2 is 1.87 bits per heavy atom. The van der Waals surface area contributed by atoms with Gasteiger partial charge in [-0.15, -0.1) is 0 Å². The molecule has 0 aromatic heterocycles. The smallest absolute Gasteiger partial charge is 0.407 e. The SMILES string of the molecule is [C-]#[N+]C(C)(C)CCNC(=O)OC(C)(C)C. The number of hydrogen-bond acceptors (Lipinski definition) is 2. The minimum Gasteiger partial charge on any atom is -0.444 e. The van der Waals surface area contributed by atoms with Crippen molar-refractivity contribution in [3.05, 3.63) is 11.4 Å². The fourth-order valence-corrected chi connectivity index (χ4v) is 0.841. The van der Waals surface area contributed by atoms with Gasteiger partial charge >= 0.3 is 6.09 Å². The van der Waals surface area contributed by atoms with Crippen LogP contribution in [0.2, 0.25) is 0 Å². The third-order valence-electron chi connectivity index (χ3n) is 1.71. The van der Waals surface area contributed by atoms with Crippen LogP contribution < -0.4 is 5.32 Å². The number of carbonyl (C=O) groups is 1. The van der Waals surface area contributed by atoms with E-state index in [1.54, 1.807) is 0 Å². The van der Waals surface area contributed by atoms with E-state index in [1.807, 2.05) is 34.6 Å². The molecule has 0 atom stereocenters. The van der Waals surface area contributed by atoms with Crippen LogP contribution in [0.1, 0.15) is 41.0 Å². The molecule has 0 saturated carbocycles. The van der Waals surface area contributed by atoms with Crippen molar-refractivity contribution in [1.29, 1.82) is 0 Å². The van der Waals surface area contributed by atoms with Crippen LogP contribution in [-0.2, 0) is 4.74 Å². The molecule has 0 unspecified atom stereocenters. The first-order valence-corrected chi connectivity index (χ1v) is 5.02. The summed E-state index contributed by atoms with van der Waals surface area (Å²) in [6.07, 6.45) is 0.193. The van der Waals surface area contributed by atoms with Crippen molar-refractivity contribution in [3.8, 4) is 0 Å². The number of nitrogens with one attached hydrogen (secondary N) is 1. The summed E-state index contributed by atoms with van der Waals surface area (Å²) in [5.41, 5.74) is -0.894. The highest BCUT2D eigenvalue weighted by molar-refractivity contribution is 5.67. The van der Waals surface area contributed by atoms with E-state index >= 15 is 0 Å². The Morgan fingerprint density at radius 3 is 2.27 bits per heavy atom. The summed E-state index contributed by atoms with van der Waals surface area (Å²) in [4.78, 5) is 14.7. The molecule has 0 aliphatic carbocycles. The van der Waals surface area contributed by atoms with E-state index in [-0.39, 0.29) is 0 Å². The topological polar surface area (TPSA) is 42.7 Å². The summed E-state index contributed by atoms with van der Waals surface area (Å²) in [5.74, 6) is 0. The van der Waals surface area contributed by atoms with Crippen molar-refractivity contribution in [2.24, 2.45) is 0 Å². The second kappa shape index (κ2) is 5.01. The zero-order chi connectivity index (χ0) is 12.1. The molecule has 1 amide bonds. The zero-order valence-electron chi connectivity index (χ0n) is 10.2. The highest BCUT2D eigenvalue weighted by Crippen LogP contribution is 2.12. The second-order valence-corrected chi connectivity index (χ2v) is 5.10. The monoisotopic (exact) mass is 212 g/mol. The molecule has 0 rings (SSSR count). The van der Waals surface area contributed by atoms with Crippen LogP contribution >= 0.6 is 0 Å². The number of carbonyl (C=O) groups excluding carboxylic acids is 1. The lowest BCUT2D eigenvalue weighted by Gasteiger charge is -2.20. The molecule has 0 aromatic carbocycles. The van der Waals surface area contributed by atoms with Gasteiger partial charge in [-0.3, -0.25) is 0 Å². The number of hydrogen-bond donors (Lipinski definition) is 1. The van der Waals surface area contributed by atoms with E-state index in [1.165, 1.54) is 0 Å². The average Bonchev–Trinajstić information content (AvgIpc) is 2.00. The maximum atomic E-state index is 11.2. The van der Waals surface area contributed by atoms with Gasteiger partial charge in [0.25, 0.3) is 0 Å². The van der Waals surface area contributed by atoms with Crippen LogP contribution in [0, 0.1) is 6.57 Å². The Bertz CT molecular complexity index is 259. The van der Waals surface area contributed by atoms with E-state index < -0.39 is 17.2 Å². The lowest BCUT2D eigenvalue weighted by Crippen LogP contribution is -2.34. The Morgan fingerprint density at radius 1 is 1.33 bits per heavy atom. The van der Waals surface area contributed by atoms with Gasteiger partial charge < -0.3 is 14.9 Å². The van der Waals surface area contributed by atoms with Gasteiger partial charge in [0.05, 0.1) is 0 Å². The molecule has 0 aliphatic heterocycles. The third kappa shape index (κ3) is 7.80. The first kappa shape index (κ1) is 13.8. The minimum absolute atomic E-state index is 0.422. The average molecular weight is 212 g/mol. The van der Waals surface area contributed by atoms with Gasteiger partial charge in [0.1, 0.15) is 5.60 Å². The number of ether oxygens (including phenoxy) is 1. The van der Waals surface area contributed by atoms with Gasteiger partial charge in [0.2, 0.25) is 5.54 Å². The van der Waals surface area contributed by atoms with Crippen LogP contribution in [0.15, 0.2) is 0 Å². The summed E-state index contributed by atoms with van der Waals surface area (Å²) >= 11 is 0. The molecule has 4 heteroatoms. The number of amides is 1. The predicted octanol–water partition coefficient (Wildman–Crippen LogP) is 2.60. The molecule has 0 heterocycles. The Labute approximate surface area is 91.8 Å². The number of nitrogens with zero attached hydrogens (tertiary/aromatic N) is 1. The second-order valence-electron chi connectivity index (χ2n) is 5.10. The zero-order valence-corrected chi connectivity index (χ0v) is 10.2. The van der Waals surface area contributed by atoms with Gasteiger partial charge in [-0.1, -0.05) is 0 Å². The van der Waals surface area contributed by atoms with Crippen LogP contribution in [-0.4, -0.2) is 23.8 Å². The molecule has 86 valence electrons. The Kier molecular flexibility index (Phi) is 4.60. The highest BCUT2D eigenvalue weighted by Gasteiger charge is 2.23. The van der Waals surface area contributed by atoms with Gasteiger partial charge in [0.15, 0.2) is 0 Å². The first-order chi connectivity index (χ1) is 6.66. The van der Waals surface area contributed by atoms with Crippen LogP contribution in [0.5, 0.6) is 0 Å². The van der Waals surface area contributed by atoms with Gasteiger partial charge in [-0.2, -0.15) is 0 Å². The fraction of sp³-hybridized carbons (Fsp3) is 0.818. The maximum absolute atomic E-state index is 11.2. The summed E-state index contributed by atoms with van der Waals surface area (Å²) in [5, 5.41) is 2.63. The predicted molar refractivity (Wildman–Crippen MR) is 59.5 cm³/mol. The minimum atomic E-state index is -0.473. The van der Waals surface area contributed by atoms with E-state index in [2.05, 4.69) is 10.2 Å². The maximum Gasteiger partial charge on any atom is 0.407 e. The summed E-state index contributed by atoms with van der Waals surface area (Å²) in [6, 6.07) is 0. The van der Waals surface area contributed by atoms with Crippen molar-refractivity contribution in [3.63, 3.8) is 0 Å². The quantitative estimate of drug-likeness (QED) is 0.731. The first-order valence-electron chi connectivity index (χ1n) is 5.02. The van der Waals surface area contributed by atoms with Crippen molar-refractivity contribution >= 4 is 6.09 Å². The Balaban J connectivity index is 3.80. The Hall–Kier alpha value is -1.24. The van der Waals surface area contributed by atoms with Crippen molar-refractivity contribution < 1.29 is 9.53 Å². The lowest BCUT2D eigenvalue weighted by molar-refractivity contribution is 0.0526. The molecule has 0 fully saturated rings.